The predicted molar refractivity (Wildman–Crippen MR) is 175 cm³/mol. The van der Waals surface area contributed by atoms with Gasteiger partial charge in [0.15, 0.2) is 0 Å². The highest BCUT2D eigenvalue weighted by Crippen LogP contribution is 2.46. The van der Waals surface area contributed by atoms with Crippen molar-refractivity contribution in [2.45, 2.75) is 0 Å². The zero-order chi connectivity index (χ0) is 36.5. The molecule has 0 saturated carbocycles. The number of furan rings is 1. The standard InChI is InChI=1S/C40H24O/c1-2-10-25(11-3-1)29-23-36(39-34-21-19-27-13-5-9-17-32(27)40(34)41-37(39)24-29)38-31-16-8-6-14-28(31)22-35-30-15-7-4-12-26(30)18-20-33(35)38/h1-24H/i4D,6D,7D,8D,12D,14D,15D,16D,18D,20D,22D. The zero-order valence-corrected chi connectivity index (χ0v) is 21.4. The third kappa shape index (κ3) is 3.30. The van der Waals surface area contributed by atoms with E-state index >= 15 is 0 Å². The Morgan fingerprint density at radius 1 is 0.488 bits per heavy atom. The molecule has 0 fully saturated rings. The van der Waals surface area contributed by atoms with Gasteiger partial charge in [-0.2, -0.15) is 0 Å². The van der Waals surface area contributed by atoms with Crippen LogP contribution in [0.2, 0.25) is 0 Å². The number of benzene rings is 8. The summed E-state index contributed by atoms with van der Waals surface area (Å²) < 4.78 is 105. The highest BCUT2D eigenvalue weighted by molar-refractivity contribution is 6.26. The molecule has 1 heterocycles. The van der Waals surface area contributed by atoms with Crippen molar-refractivity contribution in [3.63, 3.8) is 0 Å². The molecule has 41 heavy (non-hydrogen) atoms. The molecule has 0 aliphatic rings. The van der Waals surface area contributed by atoms with E-state index in [2.05, 4.69) is 0 Å². The highest BCUT2D eigenvalue weighted by atomic mass is 16.3. The summed E-state index contributed by atoms with van der Waals surface area (Å²) in [4.78, 5) is 0. The van der Waals surface area contributed by atoms with Gasteiger partial charge in [-0.3, -0.25) is 0 Å². The molecule has 0 amide bonds. The first kappa shape index (κ1) is 14.3. The van der Waals surface area contributed by atoms with Crippen molar-refractivity contribution in [3.05, 3.63) is 145 Å². The van der Waals surface area contributed by atoms with Gasteiger partial charge in [0.1, 0.15) is 11.2 Å². The number of hydrogen-bond donors (Lipinski definition) is 0. The monoisotopic (exact) mass is 531 g/mol. The van der Waals surface area contributed by atoms with E-state index in [1.54, 1.807) is 0 Å². The van der Waals surface area contributed by atoms with E-state index in [-0.39, 0.29) is 37.9 Å². The maximum Gasteiger partial charge on any atom is 0.143 e. The van der Waals surface area contributed by atoms with Crippen molar-refractivity contribution in [1.82, 2.24) is 0 Å². The topological polar surface area (TPSA) is 13.1 Å². The second-order valence-electron chi connectivity index (χ2n) is 10.0. The Kier molecular flexibility index (Phi) is 2.98. The van der Waals surface area contributed by atoms with E-state index in [0.717, 1.165) is 16.3 Å². The number of hydrogen-bond acceptors (Lipinski definition) is 1. The second kappa shape index (κ2) is 8.55. The minimum atomic E-state index is -0.590. The molecule has 190 valence electrons. The van der Waals surface area contributed by atoms with Gasteiger partial charge in [-0.05, 0) is 84.2 Å². The van der Waals surface area contributed by atoms with Gasteiger partial charge in [-0.15, -0.1) is 0 Å². The van der Waals surface area contributed by atoms with Crippen LogP contribution >= 0.6 is 0 Å². The van der Waals surface area contributed by atoms with E-state index in [1.807, 2.05) is 78.9 Å². The van der Waals surface area contributed by atoms with Gasteiger partial charge in [-0.25, -0.2) is 0 Å². The summed E-state index contributed by atoms with van der Waals surface area (Å²) in [5.41, 5.74) is 3.11. The van der Waals surface area contributed by atoms with Crippen molar-refractivity contribution >= 4 is 65.0 Å². The molecule has 0 unspecified atom stereocenters. The van der Waals surface area contributed by atoms with Gasteiger partial charge >= 0.3 is 0 Å². The van der Waals surface area contributed by atoms with E-state index in [9.17, 15) is 4.11 Å². The lowest BCUT2D eigenvalue weighted by Crippen LogP contribution is -1.89. The van der Waals surface area contributed by atoms with Crippen LogP contribution in [0.5, 0.6) is 0 Å². The normalized spacial score (nSPS) is 15.7. The predicted octanol–water partition coefficient (Wildman–Crippen LogP) is 11.5. The first-order valence-corrected chi connectivity index (χ1v) is 13.2. The maximum atomic E-state index is 9.50. The Balaban J connectivity index is 1.64. The summed E-state index contributed by atoms with van der Waals surface area (Å²) in [7, 11) is 0. The molecule has 1 heteroatoms. The Bertz CT molecular complexity index is 3080. The summed E-state index contributed by atoms with van der Waals surface area (Å²) >= 11 is 0. The SMILES string of the molecule is [2H]c1c([2H])c([2H])c2c([2H])c3c(c([2H])c([2H])c4c([2H])c([2H])c([2H])c([2H])c43)c(-c3cc(-c4ccccc4)cc4oc5c6ccccc6ccc5c34)c2c1[2H]. The summed E-state index contributed by atoms with van der Waals surface area (Å²) in [6.45, 7) is 0. The lowest BCUT2D eigenvalue weighted by molar-refractivity contribution is 0.673. The van der Waals surface area contributed by atoms with Crippen LogP contribution in [0, 0.1) is 0 Å². The lowest BCUT2D eigenvalue weighted by atomic mass is 9.86. The van der Waals surface area contributed by atoms with Crippen LogP contribution in [0.1, 0.15) is 15.1 Å². The lowest BCUT2D eigenvalue weighted by Gasteiger charge is -2.16. The third-order valence-electron chi connectivity index (χ3n) is 7.78. The number of rotatable bonds is 2. The average Bonchev–Trinajstić information content (AvgIpc) is 3.55. The summed E-state index contributed by atoms with van der Waals surface area (Å²) in [6.07, 6.45) is 0. The van der Waals surface area contributed by atoms with E-state index in [4.69, 9.17) is 15.4 Å². The highest BCUT2D eigenvalue weighted by Gasteiger charge is 2.20. The quantitative estimate of drug-likeness (QED) is 0.160. The largest absolute Gasteiger partial charge is 0.455 e. The van der Waals surface area contributed by atoms with Crippen LogP contribution in [0.4, 0.5) is 0 Å². The minimum absolute atomic E-state index is 0.0355. The van der Waals surface area contributed by atoms with Crippen LogP contribution in [0.3, 0.4) is 0 Å². The first-order chi connectivity index (χ1) is 24.9. The molecule has 0 atom stereocenters. The molecular formula is C40H24O. The van der Waals surface area contributed by atoms with E-state index in [1.165, 1.54) is 0 Å². The molecule has 1 nitrogen and oxygen atoms in total. The molecule has 9 aromatic rings. The molecular weight excluding hydrogens is 496 g/mol. The fraction of sp³-hybridized carbons (Fsp3) is 0. The Morgan fingerprint density at radius 3 is 2.17 bits per heavy atom. The van der Waals surface area contributed by atoms with Gasteiger partial charge < -0.3 is 4.42 Å². The van der Waals surface area contributed by atoms with Gasteiger partial charge in [0, 0.05) is 16.2 Å². The molecule has 0 aliphatic carbocycles. The fourth-order valence-corrected chi connectivity index (χ4v) is 5.96. The van der Waals surface area contributed by atoms with Crippen molar-refractivity contribution in [2.24, 2.45) is 0 Å². The minimum Gasteiger partial charge on any atom is -0.455 e. The van der Waals surface area contributed by atoms with Crippen LogP contribution in [-0.2, 0) is 0 Å². The maximum absolute atomic E-state index is 9.50. The Labute approximate surface area is 252 Å². The summed E-state index contributed by atoms with van der Waals surface area (Å²) in [5, 5.41) is 2.30. The van der Waals surface area contributed by atoms with Crippen molar-refractivity contribution in [3.8, 4) is 22.3 Å². The van der Waals surface area contributed by atoms with Gasteiger partial charge in [-0.1, -0.05) is 121 Å². The van der Waals surface area contributed by atoms with Crippen LogP contribution in [0.15, 0.2) is 150 Å². The van der Waals surface area contributed by atoms with Crippen LogP contribution in [-0.4, -0.2) is 0 Å². The molecule has 0 bridgehead atoms. The molecule has 1 aromatic heterocycles. The van der Waals surface area contributed by atoms with Gasteiger partial charge in [0.05, 0.1) is 15.1 Å². The van der Waals surface area contributed by atoms with Crippen molar-refractivity contribution < 1.29 is 19.5 Å². The third-order valence-corrected chi connectivity index (χ3v) is 7.78. The molecule has 0 radical (unpaired) electrons. The fourth-order valence-electron chi connectivity index (χ4n) is 5.96. The van der Waals surface area contributed by atoms with Crippen LogP contribution in [0.25, 0.3) is 87.3 Å². The number of fused-ring (bicyclic) bond motifs is 9. The average molecular weight is 532 g/mol. The molecule has 0 spiro atoms. The second-order valence-corrected chi connectivity index (χ2v) is 10.0. The smallest absolute Gasteiger partial charge is 0.143 e. The van der Waals surface area contributed by atoms with Gasteiger partial charge in [0.25, 0.3) is 0 Å². The molecule has 0 aliphatic heterocycles. The van der Waals surface area contributed by atoms with E-state index in [0.29, 0.717) is 33.1 Å². The zero-order valence-electron chi connectivity index (χ0n) is 32.4. The van der Waals surface area contributed by atoms with Crippen molar-refractivity contribution in [1.29, 1.82) is 0 Å². The molecule has 0 saturated heterocycles. The summed E-state index contributed by atoms with van der Waals surface area (Å²) in [6, 6.07) is 19.2. The Morgan fingerprint density at radius 2 is 1.27 bits per heavy atom. The molecule has 0 N–H and O–H groups in total. The Hall–Kier alpha value is -5.40. The van der Waals surface area contributed by atoms with Crippen LogP contribution < -0.4 is 0 Å². The summed E-state index contributed by atoms with van der Waals surface area (Å²) in [5.74, 6) is 0. The first-order valence-electron chi connectivity index (χ1n) is 18.7. The van der Waals surface area contributed by atoms with Gasteiger partial charge in [0.2, 0.25) is 0 Å². The van der Waals surface area contributed by atoms with Crippen molar-refractivity contribution in [2.75, 3.05) is 0 Å². The van der Waals surface area contributed by atoms with E-state index < -0.39 is 66.5 Å². The molecule has 8 aromatic carbocycles. The molecule has 9 rings (SSSR count).